The van der Waals surface area contributed by atoms with Crippen molar-refractivity contribution >= 4 is 22.7 Å². The molecule has 0 aliphatic carbocycles. The Morgan fingerprint density at radius 3 is 2.74 bits per heavy atom. The number of ether oxygens (including phenoxy) is 1. The standard InChI is InChI=1S/C21H19FN6O2S/c22-15-9-7-14(8-10-15)19-24-25-21(27(19)12-16-4-3-11-30-16)31-13-28-20(29)17-5-1-2-6-18(17)23-26-28/h1-2,5-10,16H,3-4,11-13H2/t16-/m0/s1. The summed E-state index contributed by atoms with van der Waals surface area (Å²) >= 11 is 1.35. The molecule has 8 nitrogen and oxygen atoms in total. The molecule has 1 atom stereocenters. The molecule has 1 aliphatic rings. The van der Waals surface area contributed by atoms with Crippen molar-refractivity contribution in [3.05, 3.63) is 64.7 Å². The van der Waals surface area contributed by atoms with Crippen LogP contribution in [0.2, 0.25) is 0 Å². The van der Waals surface area contributed by atoms with Crippen LogP contribution in [-0.4, -0.2) is 42.5 Å². The molecule has 2 aromatic carbocycles. The molecule has 10 heteroatoms. The predicted molar refractivity (Wildman–Crippen MR) is 114 cm³/mol. The quantitative estimate of drug-likeness (QED) is 0.428. The van der Waals surface area contributed by atoms with Gasteiger partial charge in [0.05, 0.1) is 23.9 Å². The third-order valence-corrected chi connectivity index (χ3v) is 6.11. The van der Waals surface area contributed by atoms with Crippen LogP contribution < -0.4 is 5.56 Å². The third kappa shape index (κ3) is 4.08. The summed E-state index contributed by atoms with van der Waals surface area (Å²) < 4.78 is 22.5. The topological polar surface area (TPSA) is 87.7 Å². The van der Waals surface area contributed by atoms with Crippen molar-refractivity contribution in [2.75, 3.05) is 6.61 Å². The van der Waals surface area contributed by atoms with Crippen LogP contribution in [0.15, 0.2) is 58.5 Å². The van der Waals surface area contributed by atoms with Crippen molar-refractivity contribution in [1.29, 1.82) is 0 Å². The van der Waals surface area contributed by atoms with Gasteiger partial charge >= 0.3 is 0 Å². The normalized spacial score (nSPS) is 16.2. The maximum absolute atomic E-state index is 13.4. The second kappa shape index (κ2) is 8.56. The Morgan fingerprint density at radius 2 is 1.94 bits per heavy atom. The Kier molecular flexibility index (Phi) is 5.47. The van der Waals surface area contributed by atoms with Crippen molar-refractivity contribution in [3.63, 3.8) is 0 Å². The number of benzene rings is 2. The molecule has 0 unspecified atom stereocenters. The van der Waals surface area contributed by atoms with Gasteiger partial charge in [-0.1, -0.05) is 29.1 Å². The number of hydrogen-bond acceptors (Lipinski definition) is 7. The van der Waals surface area contributed by atoms with E-state index < -0.39 is 0 Å². The second-order valence-corrected chi connectivity index (χ2v) is 8.16. The third-order valence-electron chi connectivity index (χ3n) is 5.17. The zero-order valence-corrected chi connectivity index (χ0v) is 17.3. The molecule has 1 saturated heterocycles. The fraction of sp³-hybridized carbons (Fsp3) is 0.286. The molecule has 1 fully saturated rings. The van der Waals surface area contributed by atoms with Gasteiger partial charge in [-0.3, -0.25) is 9.36 Å². The van der Waals surface area contributed by atoms with Crippen molar-refractivity contribution < 1.29 is 9.13 Å². The van der Waals surface area contributed by atoms with Gasteiger partial charge in [0.15, 0.2) is 11.0 Å². The summed E-state index contributed by atoms with van der Waals surface area (Å²) in [6.07, 6.45) is 2.04. The van der Waals surface area contributed by atoms with Gasteiger partial charge in [0, 0.05) is 12.2 Å². The van der Waals surface area contributed by atoms with Crippen molar-refractivity contribution in [1.82, 2.24) is 29.8 Å². The largest absolute Gasteiger partial charge is 0.376 e. The van der Waals surface area contributed by atoms with Crippen LogP contribution in [0.25, 0.3) is 22.3 Å². The van der Waals surface area contributed by atoms with Gasteiger partial charge in [-0.05, 0) is 49.2 Å². The molecule has 0 spiro atoms. The van der Waals surface area contributed by atoms with Crippen LogP contribution in [-0.2, 0) is 17.2 Å². The zero-order chi connectivity index (χ0) is 21.2. The summed E-state index contributed by atoms with van der Waals surface area (Å²) in [6.45, 7) is 1.32. The summed E-state index contributed by atoms with van der Waals surface area (Å²) in [5.74, 6) is 0.566. The molecule has 2 aromatic heterocycles. The van der Waals surface area contributed by atoms with E-state index in [1.807, 2.05) is 10.6 Å². The number of fused-ring (bicyclic) bond motifs is 1. The van der Waals surface area contributed by atoms with Gasteiger partial charge in [0.2, 0.25) is 0 Å². The smallest absolute Gasteiger partial charge is 0.278 e. The monoisotopic (exact) mass is 438 g/mol. The summed E-state index contributed by atoms with van der Waals surface area (Å²) in [5.41, 5.74) is 1.12. The number of nitrogens with zero attached hydrogens (tertiary/aromatic N) is 6. The first-order valence-corrected chi connectivity index (χ1v) is 10.9. The minimum absolute atomic E-state index is 0.0673. The first-order chi connectivity index (χ1) is 15.2. The van der Waals surface area contributed by atoms with E-state index in [9.17, 15) is 9.18 Å². The van der Waals surface area contributed by atoms with Crippen LogP contribution in [0.1, 0.15) is 12.8 Å². The highest BCUT2D eigenvalue weighted by Gasteiger charge is 2.22. The van der Waals surface area contributed by atoms with Gasteiger partial charge in [-0.2, -0.15) is 4.68 Å². The lowest BCUT2D eigenvalue weighted by atomic mass is 10.2. The van der Waals surface area contributed by atoms with Crippen LogP contribution in [0, 0.1) is 5.82 Å². The van der Waals surface area contributed by atoms with Crippen LogP contribution in [0.3, 0.4) is 0 Å². The highest BCUT2D eigenvalue weighted by Crippen LogP contribution is 2.27. The van der Waals surface area contributed by atoms with Crippen molar-refractivity contribution in [2.24, 2.45) is 0 Å². The first-order valence-electron chi connectivity index (χ1n) is 9.95. The highest BCUT2D eigenvalue weighted by molar-refractivity contribution is 7.98. The Balaban J connectivity index is 1.45. The molecule has 0 radical (unpaired) electrons. The van der Waals surface area contributed by atoms with E-state index in [1.54, 1.807) is 30.3 Å². The summed E-state index contributed by atoms with van der Waals surface area (Å²) in [5, 5.41) is 18.0. The van der Waals surface area contributed by atoms with Crippen LogP contribution in [0.4, 0.5) is 4.39 Å². The first kappa shape index (κ1) is 19.8. The molecule has 4 aromatic rings. The lowest BCUT2D eigenvalue weighted by molar-refractivity contribution is 0.0953. The van der Waals surface area contributed by atoms with E-state index in [4.69, 9.17) is 4.74 Å². The Bertz CT molecular complexity index is 1270. The Morgan fingerprint density at radius 1 is 1.10 bits per heavy atom. The van der Waals surface area contributed by atoms with E-state index in [0.717, 1.165) is 25.0 Å². The van der Waals surface area contributed by atoms with E-state index in [0.29, 0.717) is 28.4 Å². The lowest BCUT2D eigenvalue weighted by Gasteiger charge is -2.15. The summed E-state index contributed by atoms with van der Waals surface area (Å²) in [4.78, 5) is 12.7. The van der Waals surface area contributed by atoms with Gasteiger partial charge < -0.3 is 4.74 Å². The molecule has 0 bridgehead atoms. The highest BCUT2D eigenvalue weighted by atomic mass is 32.2. The molecule has 1 aliphatic heterocycles. The maximum atomic E-state index is 13.4. The average Bonchev–Trinajstić information content (AvgIpc) is 3.45. The molecule has 0 saturated carbocycles. The number of halogens is 1. The van der Waals surface area contributed by atoms with Crippen molar-refractivity contribution in [3.8, 4) is 11.4 Å². The van der Waals surface area contributed by atoms with Crippen molar-refractivity contribution in [2.45, 2.75) is 36.5 Å². The van der Waals surface area contributed by atoms with E-state index in [1.165, 1.54) is 28.6 Å². The van der Waals surface area contributed by atoms with Crippen LogP contribution in [0.5, 0.6) is 0 Å². The second-order valence-electron chi connectivity index (χ2n) is 7.24. The summed E-state index contributed by atoms with van der Waals surface area (Å²) in [7, 11) is 0. The minimum Gasteiger partial charge on any atom is -0.376 e. The molecule has 5 rings (SSSR count). The van der Waals surface area contributed by atoms with Gasteiger partial charge in [-0.25, -0.2) is 4.39 Å². The molecule has 0 N–H and O–H groups in total. The Hall–Kier alpha value is -3.11. The lowest BCUT2D eigenvalue weighted by Crippen LogP contribution is -2.23. The molecule has 0 amide bonds. The fourth-order valence-electron chi connectivity index (χ4n) is 3.59. The number of aromatic nitrogens is 6. The maximum Gasteiger partial charge on any atom is 0.278 e. The molecule has 31 heavy (non-hydrogen) atoms. The summed E-state index contributed by atoms with van der Waals surface area (Å²) in [6, 6.07) is 13.3. The number of rotatable bonds is 6. The van der Waals surface area contributed by atoms with E-state index in [-0.39, 0.29) is 23.4 Å². The number of thioether (sulfide) groups is 1. The molecule has 3 heterocycles. The van der Waals surface area contributed by atoms with Gasteiger partial charge in [-0.15, -0.1) is 15.3 Å². The molecule has 158 valence electrons. The Labute approximate surface area is 181 Å². The van der Waals surface area contributed by atoms with Gasteiger partial charge in [0.1, 0.15) is 11.3 Å². The van der Waals surface area contributed by atoms with E-state index >= 15 is 0 Å². The predicted octanol–water partition coefficient (Wildman–Crippen LogP) is 3.12. The SMILES string of the molecule is O=c1c2ccccc2nnn1CSc1nnc(-c2ccc(F)cc2)n1C[C@@H]1CCCO1. The van der Waals surface area contributed by atoms with E-state index in [2.05, 4.69) is 20.5 Å². The van der Waals surface area contributed by atoms with Crippen LogP contribution >= 0.6 is 11.8 Å². The fourth-order valence-corrected chi connectivity index (χ4v) is 4.41. The molecular formula is C21H19FN6O2S. The zero-order valence-electron chi connectivity index (χ0n) is 16.5. The number of hydrogen-bond donors (Lipinski definition) is 0. The average molecular weight is 438 g/mol. The minimum atomic E-state index is -0.308. The molecular weight excluding hydrogens is 419 g/mol. The van der Waals surface area contributed by atoms with Gasteiger partial charge in [0.25, 0.3) is 5.56 Å².